The smallest absolute Gasteiger partial charge is 0.315 e. The standard InChI is InChI=1S/C20H24N4O3/c1-14-7-6-8-15(2)19(14)24-18(26)13-21-17(25)12-23-20(27)22-11-16-9-4-3-5-10-16/h3-10H,11-13H2,1-2H3,(H,21,25)(H,24,26)(H2,22,23,27). The number of hydrogen-bond donors (Lipinski definition) is 4. The number of rotatable bonds is 7. The van der Waals surface area contributed by atoms with Crippen molar-refractivity contribution in [3.63, 3.8) is 0 Å². The van der Waals surface area contributed by atoms with Crippen LogP contribution in [0.2, 0.25) is 0 Å². The van der Waals surface area contributed by atoms with Gasteiger partial charge in [0, 0.05) is 12.2 Å². The van der Waals surface area contributed by atoms with Crippen LogP contribution in [0.15, 0.2) is 48.5 Å². The zero-order chi connectivity index (χ0) is 19.6. The Hall–Kier alpha value is -3.35. The summed E-state index contributed by atoms with van der Waals surface area (Å²) in [5.41, 5.74) is 3.60. The molecule has 7 nitrogen and oxygen atoms in total. The summed E-state index contributed by atoms with van der Waals surface area (Å²) in [6, 6.07) is 14.7. The highest BCUT2D eigenvalue weighted by Crippen LogP contribution is 2.18. The van der Waals surface area contributed by atoms with Crippen molar-refractivity contribution in [2.75, 3.05) is 18.4 Å². The molecule has 0 heterocycles. The number of aryl methyl sites for hydroxylation is 2. The summed E-state index contributed by atoms with van der Waals surface area (Å²) in [7, 11) is 0. The van der Waals surface area contributed by atoms with Crippen LogP contribution in [0.25, 0.3) is 0 Å². The molecular formula is C20H24N4O3. The molecule has 0 atom stereocenters. The first-order valence-corrected chi connectivity index (χ1v) is 8.64. The average Bonchev–Trinajstić information content (AvgIpc) is 2.67. The maximum absolute atomic E-state index is 12.0. The van der Waals surface area contributed by atoms with Gasteiger partial charge in [-0.1, -0.05) is 48.5 Å². The Morgan fingerprint density at radius 3 is 2.04 bits per heavy atom. The van der Waals surface area contributed by atoms with Gasteiger partial charge in [-0.3, -0.25) is 9.59 Å². The molecule has 0 saturated heterocycles. The fourth-order valence-electron chi connectivity index (χ4n) is 2.44. The van der Waals surface area contributed by atoms with E-state index in [1.165, 1.54) is 0 Å². The van der Waals surface area contributed by atoms with Gasteiger partial charge in [0.05, 0.1) is 13.1 Å². The summed E-state index contributed by atoms with van der Waals surface area (Å²) in [6.45, 7) is 3.79. The second-order valence-corrected chi connectivity index (χ2v) is 6.11. The van der Waals surface area contributed by atoms with E-state index in [4.69, 9.17) is 0 Å². The Morgan fingerprint density at radius 2 is 1.37 bits per heavy atom. The maximum Gasteiger partial charge on any atom is 0.315 e. The second-order valence-electron chi connectivity index (χ2n) is 6.11. The number of hydrogen-bond acceptors (Lipinski definition) is 3. The molecule has 0 aromatic heterocycles. The first kappa shape index (κ1) is 20.0. The van der Waals surface area contributed by atoms with Crippen LogP contribution in [-0.4, -0.2) is 30.9 Å². The van der Waals surface area contributed by atoms with Gasteiger partial charge in [-0.25, -0.2) is 4.79 Å². The molecule has 0 bridgehead atoms. The third-order valence-electron chi connectivity index (χ3n) is 3.90. The van der Waals surface area contributed by atoms with Crippen LogP contribution < -0.4 is 21.3 Å². The molecule has 0 saturated carbocycles. The highest BCUT2D eigenvalue weighted by molar-refractivity contribution is 5.96. The lowest BCUT2D eigenvalue weighted by molar-refractivity contribution is -0.123. The average molecular weight is 368 g/mol. The van der Waals surface area contributed by atoms with Crippen molar-refractivity contribution in [3.05, 3.63) is 65.2 Å². The topological polar surface area (TPSA) is 99.3 Å². The molecule has 0 radical (unpaired) electrons. The Bertz CT molecular complexity index is 786. The third kappa shape index (κ3) is 6.81. The van der Waals surface area contributed by atoms with Crippen LogP contribution in [0.4, 0.5) is 10.5 Å². The van der Waals surface area contributed by atoms with Crippen molar-refractivity contribution in [1.82, 2.24) is 16.0 Å². The van der Waals surface area contributed by atoms with Crippen LogP contribution in [-0.2, 0) is 16.1 Å². The zero-order valence-electron chi connectivity index (χ0n) is 15.5. The molecule has 142 valence electrons. The first-order chi connectivity index (χ1) is 13.0. The van der Waals surface area contributed by atoms with Gasteiger partial charge >= 0.3 is 6.03 Å². The molecule has 0 spiro atoms. The molecule has 2 rings (SSSR count). The molecule has 0 aliphatic rings. The minimum Gasteiger partial charge on any atom is -0.345 e. The Morgan fingerprint density at radius 1 is 0.741 bits per heavy atom. The molecule has 2 aromatic carbocycles. The maximum atomic E-state index is 12.0. The summed E-state index contributed by atoms with van der Waals surface area (Å²) in [6.07, 6.45) is 0. The SMILES string of the molecule is Cc1cccc(C)c1NC(=O)CNC(=O)CNC(=O)NCc1ccccc1. The third-order valence-corrected chi connectivity index (χ3v) is 3.90. The molecular weight excluding hydrogens is 344 g/mol. The van der Waals surface area contributed by atoms with Gasteiger partial charge in [0.1, 0.15) is 0 Å². The van der Waals surface area contributed by atoms with Crippen molar-refractivity contribution in [2.45, 2.75) is 20.4 Å². The van der Waals surface area contributed by atoms with E-state index in [-0.39, 0.29) is 19.0 Å². The van der Waals surface area contributed by atoms with Gasteiger partial charge in [0.25, 0.3) is 0 Å². The lowest BCUT2D eigenvalue weighted by atomic mass is 10.1. The van der Waals surface area contributed by atoms with E-state index in [1.54, 1.807) is 0 Å². The van der Waals surface area contributed by atoms with Crippen molar-refractivity contribution >= 4 is 23.5 Å². The molecule has 2 aromatic rings. The minimum atomic E-state index is -0.450. The fraction of sp³-hybridized carbons (Fsp3) is 0.250. The van der Waals surface area contributed by atoms with E-state index in [0.717, 1.165) is 22.4 Å². The quantitative estimate of drug-likeness (QED) is 0.600. The monoisotopic (exact) mass is 368 g/mol. The molecule has 4 N–H and O–H groups in total. The summed E-state index contributed by atoms with van der Waals surface area (Å²) in [5, 5.41) is 10.4. The molecule has 0 unspecified atom stereocenters. The van der Waals surface area contributed by atoms with E-state index < -0.39 is 11.9 Å². The molecule has 27 heavy (non-hydrogen) atoms. The van der Waals surface area contributed by atoms with E-state index in [0.29, 0.717) is 6.54 Å². The molecule has 7 heteroatoms. The number of anilines is 1. The first-order valence-electron chi connectivity index (χ1n) is 8.64. The second kappa shape index (κ2) is 9.96. The Balaban J connectivity index is 1.66. The van der Waals surface area contributed by atoms with Crippen LogP contribution in [0.5, 0.6) is 0 Å². The van der Waals surface area contributed by atoms with Crippen molar-refractivity contribution in [2.24, 2.45) is 0 Å². The summed E-state index contributed by atoms with van der Waals surface area (Å²) >= 11 is 0. The number of amides is 4. The summed E-state index contributed by atoms with van der Waals surface area (Å²) in [5.74, 6) is -0.768. The van der Waals surface area contributed by atoms with Gasteiger partial charge in [0.15, 0.2) is 0 Å². The number of para-hydroxylation sites is 1. The predicted molar refractivity (Wildman–Crippen MR) is 104 cm³/mol. The summed E-state index contributed by atoms with van der Waals surface area (Å²) in [4.78, 5) is 35.5. The largest absolute Gasteiger partial charge is 0.345 e. The number of carbonyl (C=O) groups excluding carboxylic acids is 3. The van der Waals surface area contributed by atoms with E-state index in [2.05, 4.69) is 21.3 Å². The van der Waals surface area contributed by atoms with E-state index >= 15 is 0 Å². The lowest BCUT2D eigenvalue weighted by Crippen LogP contribution is -2.43. The zero-order valence-corrected chi connectivity index (χ0v) is 15.5. The van der Waals surface area contributed by atoms with Crippen molar-refractivity contribution < 1.29 is 14.4 Å². The number of nitrogens with one attached hydrogen (secondary N) is 4. The molecule has 0 aliphatic heterocycles. The summed E-state index contributed by atoms with van der Waals surface area (Å²) < 4.78 is 0. The van der Waals surface area contributed by atoms with Gasteiger partial charge in [-0.2, -0.15) is 0 Å². The minimum absolute atomic E-state index is 0.167. The number of benzene rings is 2. The predicted octanol–water partition coefficient (Wildman–Crippen LogP) is 1.86. The molecule has 0 fully saturated rings. The Labute approximate surface area is 158 Å². The van der Waals surface area contributed by atoms with Crippen LogP contribution in [0, 0.1) is 13.8 Å². The number of carbonyl (C=O) groups is 3. The Kier molecular flexibility index (Phi) is 7.37. The molecule has 4 amide bonds. The number of urea groups is 1. The van der Waals surface area contributed by atoms with Crippen molar-refractivity contribution in [3.8, 4) is 0 Å². The molecule has 0 aliphatic carbocycles. The van der Waals surface area contributed by atoms with E-state index in [1.807, 2.05) is 62.4 Å². The van der Waals surface area contributed by atoms with Crippen LogP contribution in [0.3, 0.4) is 0 Å². The van der Waals surface area contributed by atoms with Crippen molar-refractivity contribution in [1.29, 1.82) is 0 Å². The van der Waals surface area contributed by atoms with Gasteiger partial charge < -0.3 is 21.3 Å². The normalized spacial score (nSPS) is 10.0. The highest BCUT2D eigenvalue weighted by Gasteiger charge is 2.10. The highest BCUT2D eigenvalue weighted by atomic mass is 16.2. The fourth-order valence-corrected chi connectivity index (χ4v) is 2.44. The van der Waals surface area contributed by atoms with Crippen LogP contribution in [0.1, 0.15) is 16.7 Å². The van der Waals surface area contributed by atoms with Gasteiger partial charge in [-0.05, 0) is 30.5 Å². The van der Waals surface area contributed by atoms with Gasteiger partial charge in [0.2, 0.25) is 11.8 Å². The van der Waals surface area contributed by atoms with E-state index in [9.17, 15) is 14.4 Å². The lowest BCUT2D eigenvalue weighted by Gasteiger charge is -2.12. The van der Waals surface area contributed by atoms with Crippen LogP contribution >= 0.6 is 0 Å². The van der Waals surface area contributed by atoms with Gasteiger partial charge in [-0.15, -0.1) is 0 Å².